The van der Waals surface area contributed by atoms with Gasteiger partial charge in [0.15, 0.2) is 0 Å². The molecule has 2 atom stereocenters. The van der Waals surface area contributed by atoms with Gasteiger partial charge in [-0.3, -0.25) is 9.69 Å². The van der Waals surface area contributed by atoms with Crippen molar-refractivity contribution >= 4 is 12.0 Å². The Hall–Kier alpha value is -2.15. The van der Waals surface area contributed by atoms with E-state index < -0.39 is 5.97 Å². The summed E-state index contributed by atoms with van der Waals surface area (Å²) in [5.74, 6) is -0.745. The molecule has 0 spiro atoms. The fourth-order valence-electron chi connectivity index (χ4n) is 4.23. The summed E-state index contributed by atoms with van der Waals surface area (Å²) in [5.41, 5.74) is 0.833. The third kappa shape index (κ3) is 4.58. The predicted molar refractivity (Wildman–Crippen MR) is 99.9 cm³/mol. The number of urea groups is 1. The molecule has 2 amide bonds. The highest BCUT2D eigenvalue weighted by Crippen LogP contribution is 2.36. The molecule has 1 heterocycles. The van der Waals surface area contributed by atoms with Gasteiger partial charge in [0.1, 0.15) is 5.82 Å². The zero-order valence-corrected chi connectivity index (χ0v) is 15.9. The summed E-state index contributed by atoms with van der Waals surface area (Å²) in [4.78, 5) is 27.5. The van der Waals surface area contributed by atoms with E-state index in [-0.39, 0.29) is 36.5 Å². The molecule has 0 aromatic heterocycles. The molecule has 27 heavy (non-hydrogen) atoms. The smallest absolute Gasteiger partial charge is 0.318 e. The quantitative estimate of drug-likeness (QED) is 0.800. The number of amides is 2. The van der Waals surface area contributed by atoms with Crippen LogP contribution in [0.1, 0.15) is 44.7 Å². The summed E-state index contributed by atoms with van der Waals surface area (Å²) in [6.45, 7) is 5.42. The van der Waals surface area contributed by atoms with Crippen molar-refractivity contribution in [1.82, 2.24) is 15.1 Å². The standard InChI is InChI=1S/C20H28FN3O3/c1-3-23(12-19(25)26)17-9-16(10-17)22-20(27)24-11-13(2)7-18(24)14-5-4-6-15(21)8-14/h4-6,8,13,16-18H,3,7,9-12H2,1-2H3,(H,22,27)(H,25,26). The maximum Gasteiger partial charge on any atom is 0.318 e. The number of carbonyl (C=O) groups is 2. The lowest BCUT2D eigenvalue weighted by molar-refractivity contribution is -0.139. The SMILES string of the molecule is CCN(CC(=O)O)C1CC(NC(=O)N2CC(C)CC2c2cccc(F)c2)C1. The van der Waals surface area contributed by atoms with Crippen LogP contribution in [0.5, 0.6) is 0 Å². The van der Waals surface area contributed by atoms with Crippen LogP contribution in [-0.2, 0) is 4.79 Å². The summed E-state index contributed by atoms with van der Waals surface area (Å²) in [7, 11) is 0. The number of hydrogen-bond acceptors (Lipinski definition) is 3. The molecular formula is C20H28FN3O3. The molecule has 1 aromatic carbocycles. The lowest BCUT2D eigenvalue weighted by Crippen LogP contribution is -2.56. The molecule has 1 saturated carbocycles. The molecule has 2 unspecified atom stereocenters. The molecule has 6 nitrogen and oxygen atoms in total. The highest BCUT2D eigenvalue weighted by atomic mass is 19.1. The summed E-state index contributed by atoms with van der Waals surface area (Å²) in [5, 5.41) is 12.0. The van der Waals surface area contributed by atoms with Crippen molar-refractivity contribution in [2.45, 2.75) is 51.2 Å². The van der Waals surface area contributed by atoms with Gasteiger partial charge in [-0.1, -0.05) is 26.0 Å². The van der Waals surface area contributed by atoms with Gasteiger partial charge in [0.25, 0.3) is 0 Å². The number of rotatable bonds is 6. The second kappa shape index (κ2) is 8.25. The Morgan fingerprint density at radius 1 is 1.33 bits per heavy atom. The summed E-state index contributed by atoms with van der Waals surface area (Å²) in [6, 6.07) is 6.52. The van der Waals surface area contributed by atoms with Gasteiger partial charge >= 0.3 is 12.0 Å². The molecule has 1 aromatic rings. The summed E-state index contributed by atoms with van der Waals surface area (Å²) < 4.78 is 13.6. The van der Waals surface area contributed by atoms with Crippen molar-refractivity contribution < 1.29 is 19.1 Å². The Kier molecular flexibility index (Phi) is 5.99. The highest BCUT2D eigenvalue weighted by molar-refractivity contribution is 5.75. The van der Waals surface area contributed by atoms with Gasteiger partial charge in [-0.2, -0.15) is 0 Å². The highest BCUT2D eigenvalue weighted by Gasteiger charge is 2.38. The van der Waals surface area contributed by atoms with Crippen LogP contribution in [0.15, 0.2) is 24.3 Å². The third-order valence-electron chi connectivity index (χ3n) is 5.71. The molecule has 2 aliphatic rings. The van der Waals surface area contributed by atoms with Crippen molar-refractivity contribution in [3.05, 3.63) is 35.6 Å². The molecule has 2 fully saturated rings. The van der Waals surface area contributed by atoms with Gasteiger partial charge in [-0.25, -0.2) is 9.18 Å². The minimum atomic E-state index is -0.826. The first-order valence-corrected chi connectivity index (χ1v) is 9.65. The van der Waals surface area contributed by atoms with Crippen LogP contribution in [0.2, 0.25) is 0 Å². The average Bonchev–Trinajstić information content (AvgIpc) is 2.97. The minimum Gasteiger partial charge on any atom is -0.480 e. The lowest BCUT2D eigenvalue weighted by Gasteiger charge is -2.43. The Balaban J connectivity index is 1.57. The molecule has 1 aliphatic heterocycles. The van der Waals surface area contributed by atoms with E-state index in [9.17, 15) is 14.0 Å². The predicted octanol–water partition coefficient (Wildman–Crippen LogP) is 2.86. The summed E-state index contributed by atoms with van der Waals surface area (Å²) in [6.07, 6.45) is 2.36. The van der Waals surface area contributed by atoms with Gasteiger partial charge < -0.3 is 15.3 Å². The van der Waals surface area contributed by atoms with E-state index in [0.717, 1.165) is 24.8 Å². The normalized spacial score (nSPS) is 27.5. The molecule has 1 saturated heterocycles. The van der Waals surface area contributed by atoms with Crippen molar-refractivity contribution in [3.63, 3.8) is 0 Å². The van der Waals surface area contributed by atoms with Gasteiger partial charge in [0, 0.05) is 18.6 Å². The number of carboxylic acids is 1. The number of hydrogen-bond donors (Lipinski definition) is 2. The fourth-order valence-corrected chi connectivity index (χ4v) is 4.23. The number of carboxylic acid groups (broad SMARTS) is 1. The van der Waals surface area contributed by atoms with E-state index in [1.807, 2.05) is 22.8 Å². The zero-order chi connectivity index (χ0) is 19.6. The van der Waals surface area contributed by atoms with Gasteiger partial charge in [0.2, 0.25) is 0 Å². The van der Waals surface area contributed by atoms with Crippen molar-refractivity contribution in [3.8, 4) is 0 Å². The summed E-state index contributed by atoms with van der Waals surface area (Å²) >= 11 is 0. The van der Waals surface area contributed by atoms with Crippen LogP contribution in [0.25, 0.3) is 0 Å². The van der Waals surface area contributed by atoms with Crippen LogP contribution in [-0.4, -0.2) is 58.6 Å². The Morgan fingerprint density at radius 2 is 2.07 bits per heavy atom. The van der Waals surface area contributed by atoms with E-state index in [1.54, 1.807) is 6.07 Å². The monoisotopic (exact) mass is 377 g/mol. The van der Waals surface area contributed by atoms with Crippen LogP contribution >= 0.6 is 0 Å². The fraction of sp³-hybridized carbons (Fsp3) is 0.600. The van der Waals surface area contributed by atoms with Crippen LogP contribution < -0.4 is 5.32 Å². The number of nitrogens with one attached hydrogen (secondary N) is 1. The van der Waals surface area contributed by atoms with Gasteiger partial charge in [0.05, 0.1) is 12.6 Å². The first-order chi connectivity index (χ1) is 12.9. The average molecular weight is 377 g/mol. The molecular weight excluding hydrogens is 349 g/mol. The maximum absolute atomic E-state index is 13.6. The number of aliphatic carboxylic acids is 1. The molecule has 148 valence electrons. The Labute approximate surface area is 159 Å². The minimum absolute atomic E-state index is 0.0348. The van der Waals surface area contributed by atoms with Crippen LogP contribution in [0.3, 0.4) is 0 Å². The molecule has 0 bridgehead atoms. The van der Waals surface area contributed by atoms with Gasteiger partial charge in [-0.05, 0) is 49.4 Å². The molecule has 3 rings (SSSR count). The number of halogens is 1. The maximum atomic E-state index is 13.6. The van der Waals surface area contributed by atoms with E-state index in [1.165, 1.54) is 12.1 Å². The number of benzene rings is 1. The first kappa shape index (κ1) is 19.6. The van der Waals surface area contributed by atoms with Crippen molar-refractivity contribution in [2.75, 3.05) is 19.6 Å². The number of likely N-dealkylation sites (tertiary alicyclic amines) is 1. The second-order valence-corrected chi connectivity index (χ2v) is 7.79. The molecule has 1 aliphatic carbocycles. The molecule has 0 radical (unpaired) electrons. The van der Waals surface area contributed by atoms with Crippen LogP contribution in [0.4, 0.5) is 9.18 Å². The van der Waals surface area contributed by atoms with E-state index >= 15 is 0 Å². The number of carbonyl (C=O) groups excluding carboxylic acids is 1. The van der Waals surface area contributed by atoms with E-state index in [0.29, 0.717) is 19.0 Å². The number of likely N-dealkylation sites (N-methyl/N-ethyl adjacent to an activating group) is 1. The zero-order valence-electron chi connectivity index (χ0n) is 15.9. The van der Waals surface area contributed by atoms with Crippen LogP contribution in [0, 0.1) is 11.7 Å². The molecule has 7 heteroatoms. The molecule has 2 N–H and O–H groups in total. The third-order valence-corrected chi connectivity index (χ3v) is 5.71. The van der Waals surface area contributed by atoms with E-state index in [2.05, 4.69) is 12.2 Å². The van der Waals surface area contributed by atoms with E-state index in [4.69, 9.17) is 5.11 Å². The van der Waals surface area contributed by atoms with Crippen molar-refractivity contribution in [1.29, 1.82) is 0 Å². The Morgan fingerprint density at radius 3 is 2.70 bits per heavy atom. The lowest BCUT2D eigenvalue weighted by atomic mass is 9.85. The van der Waals surface area contributed by atoms with Crippen molar-refractivity contribution in [2.24, 2.45) is 5.92 Å². The number of nitrogens with zero attached hydrogens (tertiary/aromatic N) is 2. The largest absolute Gasteiger partial charge is 0.480 e. The van der Waals surface area contributed by atoms with Gasteiger partial charge in [-0.15, -0.1) is 0 Å². The Bertz CT molecular complexity index is 693. The first-order valence-electron chi connectivity index (χ1n) is 9.65. The second-order valence-electron chi connectivity index (χ2n) is 7.79. The topological polar surface area (TPSA) is 72.9 Å².